The highest BCUT2D eigenvalue weighted by Crippen LogP contribution is 2.27. The van der Waals surface area contributed by atoms with Crippen molar-refractivity contribution in [1.82, 2.24) is 15.1 Å². The number of hydrogen-bond acceptors (Lipinski definition) is 2. The summed E-state index contributed by atoms with van der Waals surface area (Å²) in [5.41, 5.74) is 3.82. The van der Waals surface area contributed by atoms with Gasteiger partial charge in [0.2, 0.25) is 5.91 Å². The third-order valence-electron chi connectivity index (χ3n) is 5.96. The number of aliphatic imine (C=N–C) groups is 1. The fraction of sp³-hybridized carbons (Fsp3) is 0.417. The van der Waals surface area contributed by atoms with Crippen molar-refractivity contribution in [2.45, 2.75) is 38.3 Å². The molecule has 2 fully saturated rings. The van der Waals surface area contributed by atoms with E-state index in [-0.39, 0.29) is 5.91 Å². The van der Waals surface area contributed by atoms with Crippen LogP contribution in [0.15, 0.2) is 59.6 Å². The molecular weight excluding hydrogens is 360 g/mol. The molecule has 2 aliphatic rings. The van der Waals surface area contributed by atoms with E-state index < -0.39 is 0 Å². The van der Waals surface area contributed by atoms with Crippen LogP contribution in [0, 0.1) is 0 Å². The number of carbonyl (C=O) groups excluding carboxylic acids is 1. The minimum atomic E-state index is 0.274. The molecule has 0 bridgehead atoms. The van der Waals surface area contributed by atoms with Gasteiger partial charge < -0.3 is 15.1 Å². The third kappa shape index (κ3) is 4.78. The van der Waals surface area contributed by atoms with Gasteiger partial charge in [-0.3, -0.25) is 9.79 Å². The first kappa shape index (κ1) is 19.5. The van der Waals surface area contributed by atoms with Gasteiger partial charge in [-0.15, -0.1) is 0 Å². The fourth-order valence-corrected chi connectivity index (χ4v) is 4.39. The number of carbonyl (C=O) groups is 1. The zero-order valence-corrected chi connectivity index (χ0v) is 17.2. The summed E-state index contributed by atoms with van der Waals surface area (Å²) in [7, 11) is 1.85. The number of likely N-dealkylation sites (tertiary alicyclic amines) is 2. The van der Waals surface area contributed by atoms with Crippen molar-refractivity contribution in [1.29, 1.82) is 0 Å². The van der Waals surface area contributed by atoms with Gasteiger partial charge in [0.15, 0.2) is 5.96 Å². The van der Waals surface area contributed by atoms with Gasteiger partial charge in [0.25, 0.3) is 0 Å². The van der Waals surface area contributed by atoms with E-state index in [2.05, 4.69) is 69.8 Å². The molecule has 5 nitrogen and oxygen atoms in total. The molecule has 2 aliphatic heterocycles. The van der Waals surface area contributed by atoms with E-state index in [0.29, 0.717) is 18.9 Å². The van der Waals surface area contributed by atoms with E-state index in [0.717, 1.165) is 45.0 Å². The Balaban J connectivity index is 1.33. The molecule has 29 heavy (non-hydrogen) atoms. The first-order valence-electron chi connectivity index (χ1n) is 10.6. The van der Waals surface area contributed by atoms with Crippen LogP contribution < -0.4 is 5.32 Å². The Hall–Kier alpha value is -2.82. The van der Waals surface area contributed by atoms with Crippen LogP contribution >= 0.6 is 0 Å². The van der Waals surface area contributed by atoms with E-state index >= 15 is 0 Å². The van der Waals surface area contributed by atoms with Crippen LogP contribution in [0.25, 0.3) is 0 Å². The average molecular weight is 391 g/mol. The largest absolute Gasteiger partial charge is 0.352 e. The number of rotatable bonds is 5. The minimum Gasteiger partial charge on any atom is -0.352 e. The Labute approximate surface area is 173 Å². The molecule has 2 saturated heterocycles. The predicted molar refractivity (Wildman–Crippen MR) is 117 cm³/mol. The van der Waals surface area contributed by atoms with Crippen molar-refractivity contribution in [3.63, 3.8) is 0 Å². The molecule has 0 aliphatic carbocycles. The molecule has 2 heterocycles. The maximum absolute atomic E-state index is 11.9. The molecule has 1 amide bonds. The van der Waals surface area contributed by atoms with E-state index in [4.69, 9.17) is 0 Å². The number of amides is 1. The van der Waals surface area contributed by atoms with E-state index in [1.165, 1.54) is 16.7 Å². The Kier molecular flexibility index (Phi) is 6.13. The fourth-order valence-electron chi connectivity index (χ4n) is 4.39. The number of nitrogens with one attached hydrogen (secondary N) is 1. The van der Waals surface area contributed by atoms with Crippen LogP contribution in [0.2, 0.25) is 0 Å². The van der Waals surface area contributed by atoms with Gasteiger partial charge in [-0.05, 0) is 29.5 Å². The van der Waals surface area contributed by atoms with Crippen molar-refractivity contribution in [2.24, 2.45) is 4.99 Å². The Bertz CT molecular complexity index is 864. The van der Waals surface area contributed by atoms with Crippen molar-refractivity contribution >= 4 is 11.9 Å². The van der Waals surface area contributed by atoms with Gasteiger partial charge in [-0.25, -0.2) is 0 Å². The molecule has 5 heteroatoms. The van der Waals surface area contributed by atoms with Gasteiger partial charge in [0, 0.05) is 52.1 Å². The second-order valence-electron chi connectivity index (χ2n) is 7.98. The summed E-state index contributed by atoms with van der Waals surface area (Å²) in [5.74, 6) is 1.80. The molecular formula is C24H30N4O. The number of nitrogens with zero attached hydrogens (tertiary/aromatic N) is 3. The molecule has 0 spiro atoms. The predicted octanol–water partition coefficient (Wildman–Crippen LogP) is 3.37. The maximum Gasteiger partial charge on any atom is 0.222 e. The second kappa shape index (κ2) is 9.12. The third-order valence-corrected chi connectivity index (χ3v) is 5.96. The first-order chi connectivity index (χ1) is 14.2. The molecule has 2 aromatic rings. The minimum absolute atomic E-state index is 0.274. The highest BCUT2D eigenvalue weighted by Gasteiger charge is 2.26. The van der Waals surface area contributed by atoms with Gasteiger partial charge in [0.1, 0.15) is 0 Å². The van der Waals surface area contributed by atoms with Crippen molar-refractivity contribution in [3.05, 3.63) is 71.3 Å². The van der Waals surface area contributed by atoms with Gasteiger partial charge in [-0.1, -0.05) is 54.6 Å². The van der Waals surface area contributed by atoms with Crippen LogP contribution in [0.1, 0.15) is 41.9 Å². The summed E-state index contributed by atoms with van der Waals surface area (Å²) >= 11 is 0. The van der Waals surface area contributed by atoms with Crippen LogP contribution in [-0.2, 0) is 17.9 Å². The summed E-state index contributed by atoms with van der Waals surface area (Å²) in [6, 6.07) is 19.3. The standard InChI is InChI=1S/C24H30N4O/c1-25-24(28-14-12-22(18-28)21-9-3-2-4-10-21)26-16-19-7-5-8-20(15-19)17-27-13-6-11-23(27)29/h2-5,7-10,15,22H,6,11-14,16-18H2,1H3,(H,25,26). The number of benzene rings is 2. The van der Waals surface area contributed by atoms with Crippen LogP contribution in [0.4, 0.5) is 0 Å². The SMILES string of the molecule is CN=C(NCc1cccc(CN2CCCC2=O)c1)N1CCC(c2ccccc2)C1. The molecule has 152 valence electrons. The summed E-state index contributed by atoms with van der Waals surface area (Å²) in [4.78, 5) is 20.7. The lowest BCUT2D eigenvalue weighted by Crippen LogP contribution is -2.39. The highest BCUT2D eigenvalue weighted by atomic mass is 16.2. The highest BCUT2D eigenvalue weighted by molar-refractivity contribution is 5.80. The van der Waals surface area contributed by atoms with E-state index in [1.807, 2.05) is 11.9 Å². The van der Waals surface area contributed by atoms with Gasteiger partial charge in [-0.2, -0.15) is 0 Å². The Morgan fingerprint density at radius 2 is 1.93 bits per heavy atom. The smallest absolute Gasteiger partial charge is 0.222 e. The number of hydrogen-bond donors (Lipinski definition) is 1. The van der Waals surface area contributed by atoms with Gasteiger partial charge in [0.05, 0.1) is 0 Å². The molecule has 0 saturated carbocycles. The lowest BCUT2D eigenvalue weighted by molar-refractivity contribution is -0.128. The first-order valence-corrected chi connectivity index (χ1v) is 10.6. The summed E-state index contributed by atoms with van der Waals surface area (Å²) in [6.07, 6.45) is 2.83. The summed E-state index contributed by atoms with van der Waals surface area (Å²) in [6.45, 7) is 4.36. The molecule has 1 atom stereocenters. The Morgan fingerprint density at radius 1 is 1.10 bits per heavy atom. The maximum atomic E-state index is 11.9. The van der Waals surface area contributed by atoms with E-state index in [1.54, 1.807) is 0 Å². The van der Waals surface area contributed by atoms with Crippen LogP contribution in [0.3, 0.4) is 0 Å². The normalized spacial score (nSPS) is 19.8. The van der Waals surface area contributed by atoms with Crippen LogP contribution in [-0.4, -0.2) is 48.3 Å². The summed E-state index contributed by atoms with van der Waals surface area (Å²) in [5, 5.41) is 3.52. The second-order valence-corrected chi connectivity index (χ2v) is 7.98. The zero-order valence-electron chi connectivity index (χ0n) is 17.2. The molecule has 1 N–H and O–H groups in total. The topological polar surface area (TPSA) is 47.9 Å². The molecule has 4 rings (SSSR count). The lowest BCUT2D eigenvalue weighted by Gasteiger charge is -2.22. The van der Waals surface area contributed by atoms with Crippen molar-refractivity contribution in [3.8, 4) is 0 Å². The monoisotopic (exact) mass is 390 g/mol. The number of guanidine groups is 1. The molecule has 1 unspecified atom stereocenters. The average Bonchev–Trinajstić information content (AvgIpc) is 3.39. The van der Waals surface area contributed by atoms with E-state index in [9.17, 15) is 4.79 Å². The lowest BCUT2D eigenvalue weighted by atomic mass is 9.99. The quantitative estimate of drug-likeness (QED) is 0.629. The molecule has 0 radical (unpaired) electrons. The van der Waals surface area contributed by atoms with Gasteiger partial charge >= 0.3 is 0 Å². The van der Waals surface area contributed by atoms with Crippen LogP contribution in [0.5, 0.6) is 0 Å². The molecule has 0 aromatic heterocycles. The summed E-state index contributed by atoms with van der Waals surface area (Å²) < 4.78 is 0. The molecule has 2 aromatic carbocycles. The zero-order chi connectivity index (χ0) is 20.1. The Morgan fingerprint density at radius 3 is 2.69 bits per heavy atom. The van der Waals surface area contributed by atoms with Crippen molar-refractivity contribution < 1.29 is 4.79 Å². The van der Waals surface area contributed by atoms with Crippen molar-refractivity contribution in [2.75, 3.05) is 26.7 Å².